The lowest BCUT2D eigenvalue weighted by Crippen LogP contribution is -2.54. The number of likely N-dealkylation sites (tertiary alicyclic amines) is 1. The van der Waals surface area contributed by atoms with Gasteiger partial charge in [-0.1, -0.05) is 55.5 Å². The number of methoxy groups -OCH3 is 4. The number of hydrogen-bond donors (Lipinski definition) is 5. The molecule has 5 N–H and O–H groups in total. The number of benzene rings is 4. The van der Waals surface area contributed by atoms with Crippen LogP contribution in [0.3, 0.4) is 0 Å². The molecular weight excluding hydrogens is 845 g/mol. The summed E-state index contributed by atoms with van der Waals surface area (Å²) in [5, 5.41) is 19.4. The molecule has 17 nitrogen and oxygen atoms in total. The van der Waals surface area contributed by atoms with Crippen LogP contribution in [0.1, 0.15) is 68.0 Å². The van der Waals surface area contributed by atoms with E-state index in [1.807, 2.05) is 47.4 Å². The number of aliphatic hydroxyl groups excluding tert-OH is 1. The summed E-state index contributed by atoms with van der Waals surface area (Å²) in [7, 11) is 5.72. The molecule has 6 aromatic rings. The first-order valence-corrected chi connectivity index (χ1v) is 22.3. The van der Waals surface area contributed by atoms with Gasteiger partial charge in [0, 0.05) is 38.3 Å². The molecule has 0 radical (unpaired) electrons. The van der Waals surface area contributed by atoms with Crippen molar-refractivity contribution < 1.29 is 43.2 Å². The van der Waals surface area contributed by atoms with E-state index in [0.29, 0.717) is 38.0 Å². The molecule has 0 spiro atoms. The monoisotopic (exact) mass is 902 g/mol. The average molecular weight is 903 g/mol. The van der Waals surface area contributed by atoms with Crippen LogP contribution in [-0.2, 0) is 36.9 Å². The van der Waals surface area contributed by atoms with Crippen molar-refractivity contribution in [3.8, 4) is 28.1 Å². The van der Waals surface area contributed by atoms with Gasteiger partial charge in [-0.15, -0.1) is 0 Å². The molecule has 3 amide bonds. The van der Waals surface area contributed by atoms with Gasteiger partial charge in [0.25, 0.3) is 0 Å². The fraction of sp³-hybridized carbons (Fsp3) is 0.408. The SMILES string of the molecule is CCC(COC)CN(Cc1nc2c(ccc3cc4c(cc32)OCc2cc(-c3cnc(C5CCCN5C(=O)C(NC(=O)OC)C(C)OC)[nH]3)ccc2-4)[nH]1)C(O)C(NC(=O)OC)c1ccccc1. The van der Waals surface area contributed by atoms with Crippen molar-refractivity contribution in [3.63, 3.8) is 0 Å². The second kappa shape index (κ2) is 20.3. The van der Waals surface area contributed by atoms with Gasteiger partial charge in [0.15, 0.2) is 0 Å². The quantitative estimate of drug-likeness (QED) is 0.0589. The predicted octanol–water partition coefficient (Wildman–Crippen LogP) is 6.98. The molecule has 0 bridgehead atoms. The molecule has 8 rings (SSSR count). The Hall–Kier alpha value is -6.53. The highest BCUT2D eigenvalue weighted by Gasteiger charge is 2.39. The van der Waals surface area contributed by atoms with Crippen molar-refractivity contribution >= 4 is 39.9 Å². The number of aromatic nitrogens is 4. The second-order valence-electron chi connectivity index (χ2n) is 16.9. The number of ether oxygens (including phenoxy) is 5. The van der Waals surface area contributed by atoms with Gasteiger partial charge in [-0.2, -0.15) is 0 Å². The zero-order valence-electron chi connectivity index (χ0n) is 38.1. The molecule has 6 unspecified atom stereocenters. The van der Waals surface area contributed by atoms with Gasteiger partial charge in [0.2, 0.25) is 5.91 Å². The normalized spacial score (nSPS) is 16.8. The van der Waals surface area contributed by atoms with Crippen LogP contribution in [0.2, 0.25) is 0 Å². The molecule has 0 saturated carbocycles. The first kappa shape index (κ1) is 46.0. The highest BCUT2D eigenvalue weighted by atomic mass is 16.5. The van der Waals surface area contributed by atoms with Crippen molar-refractivity contribution in [2.75, 3.05) is 48.1 Å². The molecule has 1 saturated heterocycles. The van der Waals surface area contributed by atoms with Crippen LogP contribution < -0.4 is 15.4 Å². The molecule has 4 aromatic carbocycles. The van der Waals surface area contributed by atoms with Crippen molar-refractivity contribution in [1.82, 2.24) is 40.4 Å². The first-order chi connectivity index (χ1) is 32.0. The molecule has 0 aliphatic carbocycles. The number of hydrogen-bond acceptors (Lipinski definition) is 12. The molecule has 66 heavy (non-hydrogen) atoms. The van der Waals surface area contributed by atoms with E-state index in [4.69, 9.17) is 33.7 Å². The molecule has 6 atom stereocenters. The maximum atomic E-state index is 13.8. The molecule has 2 aromatic heterocycles. The lowest BCUT2D eigenvalue weighted by Gasteiger charge is -2.35. The van der Waals surface area contributed by atoms with Gasteiger partial charge < -0.3 is 54.3 Å². The number of fused-ring (bicyclic) bond motifs is 6. The van der Waals surface area contributed by atoms with E-state index in [1.54, 1.807) is 25.1 Å². The number of nitrogens with zero attached hydrogens (tertiary/aromatic N) is 4. The minimum absolute atomic E-state index is 0.104. The van der Waals surface area contributed by atoms with Crippen LogP contribution in [0.15, 0.2) is 79.0 Å². The van der Waals surface area contributed by atoms with E-state index in [2.05, 4.69) is 57.9 Å². The van der Waals surface area contributed by atoms with E-state index in [1.165, 1.54) is 21.3 Å². The summed E-state index contributed by atoms with van der Waals surface area (Å²) in [6.45, 7) is 5.95. The molecule has 4 heterocycles. The maximum Gasteiger partial charge on any atom is 0.407 e. The van der Waals surface area contributed by atoms with Crippen LogP contribution >= 0.6 is 0 Å². The highest BCUT2D eigenvalue weighted by Crippen LogP contribution is 2.43. The smallest absolute Gasteiger partial charge is 0.407 e. The van der Waals surface area contributed by atoms with E-state index in [-0.39, 0.29) is 24.4 Å². The number of aliphatic hydroxyl groups is 1. The van der Waals surface area contributed by atoms with E-state index >= 15 is 0 Å². The molecule has 2 aliphatic rings. The van der Waals surface area contributed by atoms with Crippen molar-refractivity contribution in [2.45, 2.75) is 76.7 Å². The summed E-state index contributed by atoms with van der Waals surface area (Å²) < 4.78 is 27.1. The van der Waals surface area contributed by atoms with Gasteiger partial charge in [0.05, 0.1) is 68.5 Å². The number of H-pyrrole nitrogens is 2. The topological polar surface area (TPSA) is 205 Å². The van der Waals surface area contributed by atoms with Crippen LogP contribution in [-0.4, -0.2) is 119 Å². The lowest BCUT2D eigenvalue weighted by atomic mass is 9.92. The minimum Gasteiger partial charge on any atom is -0.488 e. The Morgan fingerprint density at radius 3 is 2.50 bits per heavy atom. The third-order valence-corrected chi connectivity index (χ3v) is 12.8. The Morgan fingerprint density at radius 2 is 1.76 bits per heavy atom. The average Bonchev–Trinajstić information content (AvgIpc) is 4.14. The molecule has 17 heteroatoms. The standard InChI is InChI=1S/C49H58N8O9/c1-7-29(26-62-3)24-56(46(58)43(55-49(61)65-6)30-12-9-8-10-13-30)25-41-51-37-18-16-31-21-36-34-17-15-32(20-33(34)27-66-40(36)22-35(31)44(37)53-41)38-23-50-45(52-38)39-14-11-19-57(39)47(59)42(28(2)63-4)54-48(60)64-5/h8-10,12-13,15-18,20-23,28-29,39,42-43,46,58H,7,11,14,19,24-27H2,1-6H3,(H,50,52)(H,51,53)(H,54,60)(H,55,61). The Labute approximate surface area is 383 Å². The van der Waals surface area contributed by atoms with Crippen LogP contribution in [0.4, 0.5) is 9.59 Å². The predicted molar refractivity (Wildman–Crippen MR) is 247 cm³/mol. The Balaban J connectivity index is 1.04. The summed E-state index contributed by atoms with van der Waals surface area (Å²) in [5.41, 5.74) is 7.16. The van der Waals surface area contributed by atoms with Crippen LogP contribution in [0, 0.1) is 5.92 Å². The number of carbonyl (C=O) groups excluding carboxylic acids is 3. The van der Waals surface area contributed by atoms with Gasteiger partial charge >= 0.3 is 12.2 Å². The number of nitrogens with one attached hydrogen (secondary N) is 4. The zero-order chi connectivity index (χ0) is 46.5. The Bertz CT molecular complexity index is 2670. The first-order valence-electron chi connectivity index (χ1n) is 22.3. The number of rotatable bonds is 17. The van der Waals surface area contributed by atoms with E-state index in [9.17, 15) is 19.5 Å². The summed E-state index contributed by atoms with van der Waals surface area (Å²) in [6.07, 6.45) is 1.07. The number of carbonyl (C=O) groups is 3. The third-order valence-electron chi connectivity index (χ3n) is 12.8. The third kappa shape index (κ3) is 9.56. The maximum absolute atomic E-state index is 13.8. The molecule has 2 aliphatic heterocycles. The summed E-state index contributed by atoms with van der Waals surface area (Å²) in [5.74, 6) is 1.92. The van der Waals surface area contributed by atoms with Crippen LogP contribution in [0.5, 0.6) is 5.75 Å². The zero-order valence-corrected chi connectivity index (χ0v) is 38.1. The molecular formula is C49H58N8O9. The van der Waals surface area contributed by atoms with Gasteiger partial charge in [-0.05, 0) is 84.0 Å². The molecule has 348 valence electrons. The number of imidazole rings is 2. The largest absolute Gasteiger partial charge is 0.488 e. The minimum atomic E-state index is -1.13. The summed E-state index contributed by atoms with van der Waals surface area (Å²) in [4.78, 5) is 58.9. The lowest BCUT2D eigenvalue weighted by molar-refractivity contribution is -0.137. The van der Waals surface area contributed by atoms with Crippen LogP contribution in [0.25, 0.3) is 44.2 Å². The second-order valence-corrected chi connectivity index (χ2v) is 16.9. The van der Waals surface area contributed by atoms with E-state index in [0.717, 1.165) is 80.3 Å². The summed E-state index contributed by atoms with van der Waals surface area (Å²) >= 11 is 0. The number of amides is 3. The van der Waals surface area contributed by atoms with Crippen molar-refractivity contribution in [1.29, 1.82) is 0 Å². The van der Waals surface area contributed by atoms with Gasteiger partial charge in [-0.3, -0.25) is 9.69 Å². The van der Waals surface area contributed by atoms with Gasteiger partial charge in [0.1, 0.15) is 36.3 Å². The highest BCUT2D eigenvalue weighted by molar-refractivity contribution is 6.07. The fourth-order valence-electron chi connectivity index (χ4n) is 9.14. The number of alkyl carbamates (subject to hydrolysis) is 2. The van der Waals surface area contributed by atoms with Gasteiger partial charge in [-0.25, -0.2) is 19.6 Å². The summed E-state index contributed by atoms with van der Waals surface area (Å²) in [6, 6.07) is 21.9. The fourth-order valence-corrected chi connectivity index (χ4v) is 9.14. The Kier molecular flexibility index (Phi) is 14.2. The van der Waals surface area contributed by atoms with Crippen molar-refractivity contribution in [2.24, 2.45) is 5.92 Å². The van der Waals surface area contributed by atoms with E-state index < -0.39 is 36.6 Å². The molecule has 1 fully saturated rings. The number of aromatic amines is 2. The Morgan fingerprint density at radius 1 is 0.970 bits per heavy atom. The van der Waals surface area contributed by atoms with Crippen molar-refractivity contribution in [3.05, 3.63) is 102 Å².